The summed E-state index contributed by atoms with van der Waals surface area (Å²) in [6.45, 7) is 0. The van der Waals surface area contributed by atoms with Gasteiger partial charge in [0.15, 0.2) is 0 Å². The van der Waals surface area contributed by atoms with E-state index in [1.165, 1.54) is 0 Å². The maximum atomic E-state index is 8.82. The van der Waals surface area contributed by atoms with Gasteiger partial charge in [-0.05, 0) is 0 Å². The van der Waals surface area contributed by atoms with E-state index in [1.54, 1.807) is 0 Å². The molecule has 0 bridgehead atoms. The molecule has 0 aromatic heterocycles. The predicted molar refractivity (Wildman–Crippen MR) is 5.81 cm³/mol. The van der Waals surface area contributed by atoms with Crippen LogP contribution >= 0.6 is 0 Å². The third-order valence-electron chi connectivity index (χ3n) is 0. The molecule has 0 aliphatic heterocycles. The first-order chi connectivity index (χ1) is 2.00. The molecule has 0 aromatic carbocycles. The second-order valence-corrected chi connectivity index (χ2v) is 1.85. The summed E-state index contributed by atoms with van der Waals surface area (Å²) in [5.41, 5.74) is 0. The molecule has 0 amide bonds. The van der Waals surface area contributed by atoms with Crippen molar-refractivity contribution in [3.63, 3.8) is 0 Å². The predicted octanol–water partition coefficient (Wildman–Crippen LogP) is -1.36. The first kappa shape index (κ1) is 10.1. The molecule has 0 aliphatic carbocycles. The molecule has 4 nitrogen and oxygen atoms in total. The average Bonchev–Trinajstić information content (AvgIpc) is 0.722. The van der Waals surface area contributed by atoms with E-state index in [9.17, 15) is 0 Å². The van der Waals surface area contributed by atoms with E-state index in [2.05, 4.69) is 0 Å². The van der Waals surface area contributed by atoms with Crippen molar-refractivity contribution in [1.82, 2.24) is 0 Å². The molecule has 0 rings (SSSR count). The van der Waals surface area contributed by atoms with E-state index < -0.39 is 13.6 Å². The van der Waals surface area contributed by atoms with E-state index in [0.717, 1.165) is 0 Å². The van der Waals surface area contributed by atoms with Crippen molar-refractivity contribution in [2.75, 3.05) is 0 Å². The first-order valence-corrected chi connectivity index (χ1v) is 2.88. The molecule has 6 heteroatoms. The van der Waals surface area contributed by atoms with Crippen molar-refractivity contribution in [2.45, 2.75) is 0 Å². The molecule has 0 spiro atoms. The molecular formula is H2CdCrO4. The maximum absolute atomic E-state index is 8.82. The summed E-state index contributed by atoms with van der Waals surface area (Å²) in [6, 6.07) is 0. The SMILES string of the molecule is [Cd].[O]=[Cr](=[O])([OH])[OH]. The van der Waals surface area contributed by atoms with Gasteiger partial charge in [0.25, 0.3) is 0 Å². The summed E-state index contributed by atoms with van der Waals surface area (Å²) in [4.78, 5) is 0. The van der Waals surface area contributed by atoms with Crippen LogP contribution in [-0.4, -0.2) is 8.32 Å². The molecule has 34 valence electrons. The van der Waals surface area contributed by atoms with Crippen molar-refractivity contribution in [1.29, 1.82) is 0 Å². The fraction of sp³-hybridized carbons (Fsp3) is 0. The van der Waals surface area contributed by atoms with E-state index in [1.807, 2.05) is 0 Å². The second-order valence-electron chi connectivity index (χ2n) is 0.448. The Bertz CT molecular complexity index is 90.7. The van der Waals surface area contributed by atoms with Crippen molar-refractivity contribution in [3.8, 4) is 0 Å². The van der Waals surface area contributed by atoms with Crippen molar-refractivity contribution in [3.05, 3.63) is 0 Å². The van der Waals surface area contributed by atoms with E-state index in [0.29, 0.717) is 0 Å². The Morgan fingerprint density at radius 1 is 1.17 bits per heavy atom. The van der Waals surface area contributed by atoms with E-state index >= 15 is 0 Å². The van der Waals surface area contributed by atoms with Crippen LogP contribution in [-0.2, 0) is 48.5 Å². The minimum atomic E-state index is -5.25. The van der Waals surface area contributed by atoms with Gasteiger partial charge in [0, 0.05) is 27.3 Å². The first-order valence-electron chi connectivity index (χ1n) is 0.698. The van der Waals surface area contributed by atoms with Crippen LogP contribution in [0.3, 0.4) is 0 Å². The van der Waals surface area contributed by atoms with Crippen LogP contribution in [0.2, 0.25) is 0 Å². The zero-order valence-corrected chi connectivity index (χ0v) is 8.14. The van der Waals surface area contributed by atoms with Crippen LogP contribution in [0.25, 0.3) is 0 Å². The summed E-state index contributed by atoms with van der Waals surface area (Å²) in [7, 11) is 0. The Hall–Kier alpha value is 0.975. The van der Waals surface area contributed by atoms with Gasteiger partial charge in [-0.3, -0.25) is 0 Å². The molecule has 0 radical (unpaired) electrons. The molecule has 0 saturated carbocycles. The van der Waals surface area contributed by atoms with Gasteiger partial charge in [0.2, 0.25) is 0 Å². The van der Waals surface area contributed by atoms with Crippen LogP contribution in [0, 0.1) is 0 Å². The van der Waals surface area contributed by atoms with Gasteiger partial charge >= 0.3 is 29.5 Å². The van der Waals surface area contributed by atoms with Gasteiger partial charge in [-0.2, -0.15) is 0 Å². The van der Waals surface area contributed by atoms with Gasteiger partial charge in [0.1, 0.15) is 0 Å². The fourth-order valence-electron chi connectivity index (χ4n) is 0. The molecule has 0 unspecified atom stereocenters. The number of rotatable bonds is 0. The number of hydrogen-bond acceptors (Lipinski definition) is 2. The zero-order valence-electron chi connectivity index (χ0n) is 2.83. The van der Waals surface area contributed by atoms with E-state index in [-0.39, 0.29) is 27.3 Å². The van der Waals surface area contributed by atoms with Gasteiger partial charge in [0.05, 0.1) is 0 Å². The van der Waals surface area contributed by atoms with Crippen LogP contribution in [0.1, 0.15) is 0 Å². The third-order valence-corrected chi connectivity index (χ3v) is 0. The molecular weight excluding hydrogens is 228 g/mol. The molecule has 0 saturated heterocycles. The fourth-order valence-corrected chi connectivity index (χ4v) is 0. The average molecular weight is 230 g/mol. The summed E-state index contributed by atoms with van der Waals surface area (Å²) < 4.78 is 31.9. The Kier molecular flexibility index (Phi) is 5.10. The van der Waals surface area contributed by atoms with Crippen LogP contribution in [0.15, 0.2) is 0 Å². The van der Waals surface area contributed by atoms with Gasteiger partial charge in [-0.1, -0.05) is 0 Å². The van der Waals surface area contributed by atoms with Gasteiger partial charge in [-0.25, -0.2) is 0 Å². The second kappa shape index (κ2) is 3.04. The van der Waals surface area contributed by atoms with Crippen molar-refractivity contribution in [2.24, 2.45) is 0 Å². The summed E-state index contributed by atoms with van der Waals surface area (Å²) in [6.07, 6.45) is 0. The summed E-state index contributed by atoms with van der Waals surface area (Å²) >= 11 is -5.25. The Morgan fingerprint density at radius 2 is 1.17 bits per heavy atom. The zero-order chi connectivity index (χ0) is 4.50. The molecule has 0 aromatic rings. The minimum absolute atomic E-state index is 0. The van der Waals surface area contributed by atoms with Crippen LogP contribution in [0.5, 0.6) is 0 Å². The summed E-state index contributed by atoms with van der Waals surface area (Å²) in [5.74, 6) is 0. The third kappa shape index (κ3) is 82.7. The van der Waals surface area contributed by atoms with Crippen LogP contribution in [0.4, 0.5) is 0 Å². The van der Waals surface area contributed by atoms with Crippen molar-refractivity contribution >= 4 is 0 Å². The summed E-state index contributed by atoms with van der Waals surface area (Å²) in [5, 5.41) is 0. The normalized spacial score (nSPS) is 9.67. The molecule has 0 atom stereocenters. The quantitative estimate of drug-likeness (QED) is 0.504. The topological polar surface area (TPSA) is 74.6 Å². The standard InChI is InChI=1S/Cd.Cr.2H2O.2O/h;;2*1H2;;/q;+2;;;;/p-2. The monoisotopic (exact) mass is 232 g/mol. The Labute approximate surface area is 56.7 Å². The molecule has 6 heavy (non-hydrogen) atoms. The molecule has 0 fully saturated rings. The van der Waals surface area contributed by atoms with Gasteiger partial charge < -0.3 is 0 Å². The van der Waals surface area contributed by atoms with Crippen LogP contribution < -0.4 is 0 Å². The van der Waals surface area contributed by atoms with Gasteiger partial charge in [-0.15, -0.1) is 0 Å². The molecule has 2 N–H and O–H groups in total. The Balaban J connectivity index is 0. The Morgan fingerprint density at radius 3 is 1.17 bits per heavy atom. The van der Waals surface area contributed by atoms with E-state index in [4.69, 9.17) is 15.9 Å². The van der Waals surface area contributed by atoms with Crippen molar-refractivity contribution < 1.29 is 56.8 Å². The number of hydrogen-bond donors (Lipinski definition) is 2. The molecule has 0 aliphatic rings. The molecule has 0 heterocycles.